The quantitative estimate of drug-likeness (QED) is 0.489. The zero-order valence-electron chi connectivity index (χ0n) is 14.0. The molecule has 0 N–H and O–H groups in total. The van der Waals surface area contributed by atoms with Crippen LogP contribution in [0, 0.1) is 0 Å². The molecule has 0 heterocycles. The summed E-state index contributed by atoms with van der Waals surface area (Å²) in [4.78, 5) is 23.1. The molecule has 144 valence electrons. The Bertz CT molecular complexity index is 819. The average molecular weight is 403 g/mol. The molecule has 2 aromatic rings. The van der Waals surface area contributed by atoms with Gasteiger partial charge in [-0.15, -0.1) is 13.2 Å². The Morgan fingerprint density at radius 1 is 1.04 bits per heavy atom. The van der Waals surface area contributed by atoms with E-state index in [0.29, 0.717) is 5.56 Å². The van der Waals surface area contributed by atoms with Crippen LogP contribution in [0.5, 0.6) is 17.2 Å². The Hall–Kier alpha value is -2.74. The summed E-state index contributed by atoms with van der Waals surface area (Å²) in [5.74, 6) is -0.775. The van der Waals surface area contributed by atoms with E-state index in [1.165, 1.54) is 25.3 Å². The molecule has 5 nitrogen and oxygen atoms in total. The lowest BCUT2D eigenvalue weighted by molar-refractivity contribution is -0.274. The number of halogens is 4. The van der Waals surface area contributed by atoms with Gasteiger partial charge in [0.2, 0.25) is 5.24 Å². The summed E-state index contributed by atoms with van der Waals surface area (Å²) >= 11 is 5.35. The van der Waals surface area contributed by atoms with Gasteiger partial charge in [0.1, 0.15) is 22.8 Å². The Balaban J connectivity index is 2.28. The van der Waals surface area contributed by atoms with Crippen LogP contribution in [0.2, 0.25) is 0 Å². The number of ether oxygens (including phenoxy) is 3. The lowest BCUT2D eigenvalue weighted by Crippen LogP contribution is -2.16. The summed E-state index contributed by atoms with van der Waals surface area (Å²) in [6.07, 6.45) is -4.59. The van der Waals surface area contributed by atoms with Crippen molar-refractivity contribution in [1.82, 2.24) is 0 Å². The van der Waals surface area contributed by atoms with Crippen LogP contribution >= 0.6 is 11.6 Å². The maximum atomic E-state index is 12.2. The van der Waals surface area contributed by atoms with E-state index in [-0.39, 0.29) is 29.9 Å². The molecule has 2 rings (SSSR count). The summed E-state index contributed by atoms with van der Waals surface area (Å²) < 4.78 is 50.8. The van der Waals surface area contributed by atoms with Gasteiger partial charge in [0.25, 0.3) is 0 Å². The topological polar surface area (TPSA) is 61.8 Å². The number of aryl methyl sites for hydroxylation is 1. The summed E-state index contributed by atoms with van der Waals surface area (Å²) in [6.45, 7) is 0. The maximum absolute atomic E-state index is 12.2. The Kier molecular flexibility index (Phi) is 6.68. The summed E-state index contributed by atoms with van der Waals surface area (Å²) in [7, 11) is 1.19. The van der Waals surface area contributed by atoms with Gasteiger partial charge >= 0.3 is 12.3 Å². The van der Waals surface area contributed by atoms with E-state index in [1.54, 1.807) is 12.1 Å². The standard InChI is InChI=1S/C18H14ClF3O5/c1-25-17(24)16-11(5-10-15(19)23)3-2-4-14(16)26-12-6-8-13(9-7-12)27-18(20,21)22/h2-4,6-9H,5,10H2,1H3. The van der Waals surface area contributed by atoms with Crippen molar-refractivity contribution < 1.29 is 37.0 Å². The highest BCUT2D eigenvalue weighted by atomic mass is 35.5. The van der Waals surface area contributed by atoms with Gasteiger partial charge < -0.3 is 14.2 Å². The minimum absolute atomic E-state index is 0.0124. The zero-order chi connectivity index (χ0) is 20.0. The van der Waals surface area contributed by atoms with Crippen molar-refractivity contribution in [3.63, 3.8) is 0 Å². The number of methoxy groups -OCH3 is 1. The van der Waals surface area contributed by atoms with Crippen LogP contribution in [0.3, 0.4) is 0 Å². The van der Waals surface area contributed by atoms with Gasteiger partial charge in [-0.2, -0.15) is 0 Å². The summed E-state index contributed by atoms with van der Waals surface area (Å²) in [5.41, 5.74) is 0.596. The SMILES string of the molecule is COC(=O)c1c(CCC(=O)Cl)cccc1Oc1ccc(OC(F)(F)F)cc1. The second-order valence-corrected chi connectivity index (χ2v) is 5.68. The largest absolute Gasteiger partial charge is 0.573 e. The molecular weight excluding hydrogens is 389 g/mol. The second kappa shape index (κ2) is 8.77. The number of carbonyl (C=O) groups is 2. The zero-order valence-corrected chi connectivity index (χ0v) is 14.8. The molecule has 0 aliphatic carbocycles. The van der Waals surface area contributed by atoms with Crippen LogP contribution in [0.25, 0.3) is 0 Å². The van der Waals surface area contributed by atoms with Crippen LogP contribution in [0.15, 0.2) is 42.5 Å². The van der Waals surface area contributed by atoms with E-state index < -0.39 is 23.3 Å². The molecule has 0 radical (unpaired) electrons. The fourth-order valence-electron chi connectivity index (χ4n) is 2.27. The molecule has 0 saturated carbocycles. The van der Waals surface area contributed by atoms with Crippen LogP contribution in [0.1, 0.15) is 22.3 Å². The highest BCUT2D eigenvalue weighted by Crippen LogP contribution is 2.31. The normalized spacial score (nSPS) is 11.0. The monoisotopic (exact) mass is 402 g/mol. The van der Waals surface area contributed by atoms with Crippen LogP contribution in [0.4, 0.5) is 13.2 Å². The minimum atomic E-state index is -4.80. The number of benzene rings is 2. The van der Waals surface area contributed by atoms with Crippen molar-refractivity contribution in [2.75, 3.05) is 7.11 Å². The Labute approximate surface area is 157 Å². The Morgan fingerprint density at radius 3 is 2.22 bits per heavy atom. The van der Waals surface area contributed by atoms with Crippen molar-refractivity contribution in [1.29, 1.82) is 0 Å². The number of rotatable bonds is 7. The highest BCUT2D eigenvalue weighted by Gasteiger charge is 2.31. The van der Waals surface area contributed by atoms with Crippen LogP contribution in [-0.4, -0.2) is 24.7 Å². The molecule has 0 aliphatic heterocycles. The van der Waals surface area contributed by atoms with Gasteiger partial charge in [0, 0.05) is 6.42 Å². The first-order chi connectivity index (χ1) is 12.7. The molecule has 0 bridgehead atoms. The number of esters is 1. The molecule has 0 amide bonds. The summed E-state index contributed by atoms with van der Waals surface area (Å²) in [6, 6.07) is 9.41. The number of alkyl halides is 3. The van der Waals surface area contributed by atoms with E-state index in [0.717, 1.165) is 12.1 Å². The molecule has 27 heavy (non-hydrogen) atoms. The van der Waals surface area contributed by atoms with E-state index in [4.69, 9.17) is 21.1 Å². The predicted octanol–water partition coefficient (Wildman–Crippen LogP) is 4.86. The fourth-order valence-corrected chi connectivity index (χ4v) is 2.37. The van der Waals surface area contributed by atoms with Crippen molar-refractivity contribution in [3.8, 4) is 17.2 Å². The number of hydrogen-bond acceptors (Lipinski definition) is 5. The minimum Gasteiger partial charge on any atom is -0.465 e. The fraction of sp³-hybridized carbons (Fsp3) is 0.222. The van der Waals surface area contributed by atoms with Crippen molar-refractivity contribution in [3.05, 3.63) is 53.6 Å². The van der Waals surface area contributed by atoms with E-state index in [9.17, 15) is 22.8 Å². The molecule has 2 aromatic carbocycles. The molecule has 0 aliphatic rings. The van der Waals surface area contributed by atoms with E-state index in [2.05, 4.69) is 4.74 Å². The van der Waals surface area contributed by atoms with Gasteiger partial charge in [-0.05, 0) is 53.9 Å². The molecule has 9 heteroatoms. The average Bonchev–Trinajstić information content (AvgIpc) is 2.60. The van der Waals surface area contributed by atoms with Crippen molar-refractivity contribution in [2.24, 2.45) is 0 Å². The lowest BCUT2D eigenvalue weighted by Gasteiger charge is -2.14. The maximum Gasteiger partial charge on any atom is 0.573 e. The van der Waals surface area contributed by atoms with Gasteiger partial charge in [-0.3, -0.25) is 4.79 Å². The van der Waals surface area contributed by atoms with Gasteiger partial charge in [-0.25, -0.2) is 4.79 Å². The van der Waals surface area contributed by atoms with Crippen LogP contribution < -0.4 is 9.47 Å². The second-order valence-electron chi connectivity index (χ2n) is 5.26. The van der Waals surface area contributed by atoms with Crippen molar-refractivity contribution >= 4 is 22.8 Å². The Morgan fingerprint density at radius 2 is 1.67 bits per heavy atom. The number of hydrogen-bond donors (Lipinski definition) is 0. The smallest absolute Gasteiger partial charge is 0.465 e. The predicted molar refractivity (Wildman–Crippen MR) is 90.2 cm³/mol. The molecular formula is C18H14ClF3O5. The molecule has 0 fully saturated rings. The molecule has 0 spiro atoms. The lowest BCUT2D eigenvalue weighted by atomic mass is 10.0. The molecule has 0 unspecified atom stereocenters. The third-order valence-electron chi connectivity index (χ3n) is 3.38. The number of carbonyl (C=O) groups excluding carboxylic acids is 2. The van der Waals surface area contributed by atoms with E-state index >= 15 is 0 Å². The first-order valence-corrected chi connectivity index (χ1v) is 7.99. The molecule has 0 aromatic heterocycles. The summed E-state index contributed by atoms with van der Waals surface area (Å²) in [5, 5.41) is -0.558. The van der Waals surface area contributed by atoms with Gasteiger partial charge in [-0.1, -0.05) is 12.1 Å². The third-order valence-corrected chi connectivity index (χ3v) is 3.57. The first-order valence-electron chi connectivity index (χ1n) is 7.62. The van der Waals surface area contributed by atoms with E-state index in [1.807, 2.05) is 0 Å². The van der Waals surface area contributed by atoms with Gasteiger partial charge in [0.05, 0.1) is 7.11 Å². The van der Waals surface area contributed by atoms with Gasteiger partial charge in [0.15, 0.2) is 0 Å². The van der Waals surface area contributed by atoms with Crippen LogP contribution in [-0.2, 0) is 16.0 Å². The first kappa shape index (κ1) is 20.6. The highest BCUT2D eigenvalue weighted by molar-refractivity contribution is 6.63. The van der Waals surface area contributed by atoms with Crippen molar-refractivity contribution in [2.45, 2.75) is 19.2 Å². The molecule has 0 atom stereocenters. The molecule has 0 saturated heterocycles. The third kappa shape index (κ3) is 6.18.